The molecule has 0 bridgehead atoms. The highest BCUT2D eigenvalue weighted by molar-refractivity contribution is 9.10. The number of hydrogen-bond donors (Lipinski definition) is 0. The zero-order chi connectivity index (χ0) is 10.8. The molecule has 0 heterocycles. The molecule has 1 atom stereocenters. The standard InChI is InChI=1S/C8H7BrF2O2S/c9-7-3-1-6(2-4-7)8(10)5-14(11,12)13/h1-4,8H,5H2. The SMILES string of the molecule is O=S(=O)(F)CC(F)c1ccc(Br)cc1. The highest BCUT2D eigenvalue weighted by Gasteiger charge is 2.18. The molecule has 0 aliphatic heterocycles. The first kappa shape index (κ1) is 11.6. The van der Waals surface area contributed by atoms with Crippen molar-refractivity contribution in [2.24, 2.45) is 0 Å². The smallest absolute Gasteiger partial charge is 0.241 e. The van der Waals surface area contributed by atoms with Crippen LogP contribution in [0.2, 0.25) is 0 Å². The Bertz CT molecular complexity index is 402. The van der Waals surface area contributed by atoms with Crippen LogP contribution in [0.5, 0.6) is 0 Å². The van der Waals surface area contributed by atoms with Gasteiger partial charge >= 0.3 is 10.2 Å². The fourth-order valence-corrected chi connectivity index (χ4v) is 1.75. The van der Waals surface area contributed by atoms with E-state index in [2.05, 4.69) is 15.9 Å². The Balaban J connectivity index is 2.80. The summed E-state index contributed by atoms with van der Waals surface area (Å²) in [5.74, 6) is -1.13. The second kappa shape index (κ2) is 4.35. The number of rotatable bonds is 3. The van der Waals surface area contributed by atoms with Gasteiger partial charge in [0.1, 0.15) is 11.9 Å². The van der Waals surface area contributed by atoms with Crippen LogP contribution in [0.1, 0.15) is 11.7 Å². The zero-order valence-electron chi connectivity index (χ0n) is 6.95. The number of alkyl halides is 1. The van der Waals surface area contributed by atoms with Gasteiger partial charge < -0.3 is 0 Å². The largest absolute Gasteiger partial charge is 0.305 e. The monoisotopic (exact) mass is 284 g/mol. The van der Waals surface area contributed by atoms with Crippen molar-refractivity contribution in [1.82, 2.24) is 0 Å². The molecule has 1 rings (SSSR count). The highest BCUT2D eigenvalue weighted by Crippen LogP contribution is 2.21. The third-order valence-electron chi connectivity index (χ3n) is 1.58. The van der Waals surface area contributed by atoms with Crippen LogP contribution < -0.4 is 0 Å². The van der Waals surface area contributed by atoms with Crippen LogP contribution in [0.25, 0.3) is 0 Å². The summed E-state index contributed by atoms with van der Waals surface area (Å²) in [6.07, 6.45) is -1.82. The van der Waals surface area contributed by atoms with Gasteiger partial charge in [-0.3, -0.25) is 0 Å². The fourth-order valence-electron chi connectivity index (χ4n) is 0.943. The molecule has 78 valence electrons. The van der Waals surface area contributed by atoms with E-state index in [1.165, 1.54) is 12.1 Å². The van der Waals surface area contributed by atoms with Gasteiger partial charge in [0.05, 0.1) is 0 Å². The molecule has 2 nitrogen and oxygen atoms in total. The van der Waals surface area contributed by atoms with Crippen LogP contribution >= 0.6 is 15.9 Å². The van der Waals surface area contributed by atoms with Crippen LogP contribution in [0.15, 0.2) is 28.7 Å². The maximum Gasteiger partial charge on any atom is 0.305 e. The van der Waals surface area contributed by atoms with Crippen LogP contribution in [-0.2, 0) is 10.2 Å². The molecule has 0 spiro atoms. The minimum atomic E-state index is -4.77. The number of benzene rings is 1. The molecule has 0 amide bonds. The molecule has 0 saturated heterocycles. The van der Waals surface area contributed by atoms with Crippen molar-refractivity contribution in [3.05, 3.63) is 34.3 Å². The summed E-state index contributed by atoms with van der Waals surface area (Å²) in [7, 11) is -4.77. The summed E-state index contributed by atoms with van der Waals surface area (Å²) in [6, 6.07) is 5.93. The molecular weight excluding hydrogens is 278 g/mol. The van der Waals surface area contributed by atoms with E-state index in [0.717, 1.165) is 4.47 Å². The third-order valence-corrected chi connectivity index (χ3v) is 2.80. The summed E-state index contributed by atoms with van der Waals surface area (Å²) in [6.45, 7) is 0. The van der Waals surface area contributed by atoms with Crippen molar-refractivity contribution < 1.29 is 16.7 Å². The lowest BCUT2D eigenvalue weighted by Gasteiger charge is -2.05. The first-order valence-corrected chi connectivity index (χ1v) is 6.05. The summed E-state index contributed by atoms with van der Waals surface area (Å²) in [5.41, 5.74) is 0.148. The Morgan fingerprint density at radius 1 is 1.29 bits per heavy atom. The van der Waals surface area contributed by atoms with E-state index in [4.69, 9.17) is 0 Å². The lowest BCUT2D eigenvalue weighted by atomic mass is 10.1. The minimum Gasteiger partial charge on any atom is -0.241 e. The van der Waals surface area contributed by atoms with Gasteiger partial charge in [-0.25, -0.2) is 4.39 Å². The van der Waals surface area contributed by atoms with Crippen molar-refractivity contribution in [3.8, 4) is 0 Å². The lowest BCUT2D eigenvalue weighted by Crippen LogP contribution is -2.06. The Hall–Kier alpha value is -0.490. The highest BCUT2D eigenvalue weighted by atomic mass is 79.9. The maximum absolute atomic E-state index is 13.1. The van der Waals surface area contributed by atoms with Gasteiger partial charge in [-0.05, 0) is 17.7 Å². The van der Waals surface area contributed by atoms with Crippen molar-refractivity contribution in [2.45, 2.75) is 6.17 Å². The van der Waals surface area contributed by atoms with Crippen molar-refractivity contribution in [1.29, 1.82) is 0 Å². The summed E-state index contributed by atoms with van der Waals surface area (Å²) in [4.78, 5) is 0. The predicted octanol–water partition coefficient (Wildman–Crippen LogP) is 2.76. The van der Waals surface area contributed by atoms with E-state index in [9.17, 15) is 16.7 Å². The molecule has 1 aromatic carbocycles. The second-order valence-corrected chi connectivity index (χ2v) is 5.05. The van der Waals surface area contributed by atoms with E-state index in [1.807, 2.05) is 0 Å². The fraction of sp³-hybridized carbons (Fsp3) is 0.250. The predicted molar refractivity (Wildman–Crippen MR) is 52.9 cm³/mol. The van der Waals surface area contributed by atoms with Gasteiger partial charge in [0.25, 0.3) is 0 Å². The van der Waals surface area contributed by atoms with Crippen LogP contribution in [0, 0.1) is 0 Å². The molecule has 0 aromatic heterocycles. The first-order valence-electron chi connectivity index (χ1n) is 3.70. The molecule has 0 radical (unpaired) electrons. The van der Waals surface area contributed by atoms with Crippen molar-refractivity contribution in [2.75, 3.05) is 5.75 Å². The van der Waals surface area contributed by atoms with Gasteiger partial charge in [0.2, 0.25) is 0 Å². The Morgan fingerprint density at radius 3 is 2.21 bits per heavy atom. The van der Waals surface area contributed by atoms with Gasteiger partial charge in [-0.15, -0.1) is 3.89 Å². The van der Waals surface area contributed by atoms with Gasteiger partial charge in [0, 0.05) is 4.47 Å². The average molecular weight is 285 g/mol. The third kappa shape index (κ3) is 3.71. The summed E-state index contributed by atoms with van der Waals surface area (Å²) < 4.78 is 46.3. The molecule has 0 fully saturated rings. The molecule has 0 N–H and O–H groups in total. The molecule has 1 aromatic rings. The average Bonchev–Trinajstić information content (AvgIpc) is 2.02. The number of halogens is 3. The number of hydrogen-bond acceptors (Lipinski definition) is 2. The van der Waals surface area contributed by atoms with E-state index in [0.29, 0.717) is 0 Å². The van der Waals surface area contributed by atoms with E-state index in [1.54, 1.807) is 12.1 Å². The topological polar surface area (TPSA) is 34.1 Å². The second-order valence-electron chi connectivity index (χ2n) is 2.72. The Labute approximate surface area is 89.3 Å². The van der Waals surface area contributed by atoms with Crippen LogP contribution in [-0.4, -0.2) is 14.2 Å². The molecule has 14 heavy (non-hydrogen) atoms. The molecule has 1 unspecified atom stereocenters. The van der Waals surface area contributed by atoms with Crippen molar-refractivity contribution >= 4 is 26.2 Å². The molecule has 0 aliphatic carbocycles. The van der Waals surface area contributed by atoms with Crippen LogP contribution in [0.4, 0.5) is 8.28 Å². The summed E-state index contributed by atoms with van der Waals surface area (Å²) >= 11 is 3.14. The normalized spacial score (nSPS) is 13.9. The Morgan fingerprint density at radius 2 is 1.79 bits per heavy atom. The molecule has 6 heteroatoms. The lowest BCUT2D eigenvalue weighted by molar-refractivity contribution is 0.370. The van der Waals surface area contributed by atoms with Crippen molar-refractivity contribution in [3.63, 3.8) is 0 Å². The van der Waals surface area contributed by atoms with E-state index < -0.39 is 22.1 Å². The van der Waals surface area contributed by atoms with Gasteiger partial charge in [0.15, 0.2) is 0 Å². The van der Waals surface area contributed by atoms with Gasteiger partial charge in [-0.2, -0.15) is 8.42 Å². The van der Waals surface area contributed by atoms with E-state index >= 15 is 0 Å². The maximum atomic E-state index is 13.1. The quantitative estimate of drug-likeness (QED) is 0.800. The van der Waals surface area contributed by atoms with Crippen LogP contribution in [0.3, 0.4) is 0 Å². The summed E-state index contributed by atoms with van der Waals surface area (Å²) in [5, 5.41) is 0. The zero-order valence-corrected chi connectivity index (χ0v) is 9.35. The molecule has 0 saturated carbocycles. The Kier molecular flexibility index (Phi) is 3.60. The molecule has 0 aliphatic rings. The van der Waals surface area contributed by atoms with E-state index in [-0.39, 0.29) is 5.56 Å². The van der Waals surface area contributed by atoms with Gasteiger partial charge in [-0.1, -0.05) is 28.1 Å². The minimum absolute atomic E-state index is 0.148. The molecular formula is C8H7BrF2O2S. The first-order chi connectivity index (χ1) is 6.38.